The number of carbonyl (C=O) groups is 1. The third-order valence-corrected chi connectivity index (χ3v) is 3.75. The molecule has 0 aromatic heterocycles. The molecule has 0 saturated heterocycles. The zero-order valence-electron chi connectivity index (χ0n) is 13.5. The van der Waals surface area contributed by atoms with Gasteiger partial charge in [-0.05, 0) is 36.8 Å². The standard InChI is InChI=1S/C18H20N4O2/c1-2-10-24-15-5-3-4-13-11-20-18(22-16(13)15)21-14-8-6-12(7-9-14)17(19)23/h3-9,13H,2,10-11H2,1H3,(H2,19,23)(H,20,21). The molecule has 1 amide bonds. The summed E-state index contributed by atoms with van der Waals surface area (Å²) < 4.78 is 5.79. The predicted octanol–water partition coefficient (Wildman–Crippen LogP) is 2.50. The van der Waals surface area contributed by atoms with Crippen LogP contribution >= 0.6 is 0 Å². The van der Waals surface area contributed by atoms with Gasteiger partial charge in [-0.15, -0.1) is 0 Å². The molecule has 124 valence electrons. The van der Waals surface area contributed by atoms with Gasteiger partial charge in [-0.3, -0.25) is 9.79 Å². The first-order valence-electron chi connectivity index (χ1n) is 7.99. The van der Waals surface area contributed by atoms with Crippen LogP contribution in [0.4, 0.5) is 5.69 Å². The predicted molar refractivity (Wildman–Crippen MR) is 95.3 cm³/mol. The van der Waals surface area contributed by atoms with Gasteiger partial charge < -0.3 is 15.8 Å². The zero-order chi connectivity index (χ0) is 16.9. The van der Waals surface area contributed by atoms with Gasteiger partial charge in [0.05, 0.1) is 18.9 Å². The fraction of sp³-hybridized carbons (Fsp3) is 0.278. The van der Waals surface area contributed by atoms with Gasteiger partial charge >= 0.3 is 0 Å². The van der Waals surface area contributed by atoms with Crippen LogP contribution in [0.1, 0.15) is 23.7 Å². The number of nitrogens with two attached hydrogens (primary N) is 1. The van der Waals surface area contributed by atoms with Crippen molar-refractivity contribution in [2.75, 3.05) is 18.5 Å². The average Bonchev–Trinajstić information content (AvgIpc) is 2.60. The third kappa shape index (κ3) is 3.53. The summed E-state index contributed by atoms with van der Waals surface area (Å²) in [5.74, 6) is 1.05. The Balaban J connectivity index is 1.74. The number of primary amides is 1. The number of nitrogens with one attached hydrogen (secondary N) is 1. The van der Waals surface area contributed by atoms with Gasteiger partial charge in [0, 0.05) is 17.2 Å². The Labute approximate surface area is 140 Å². The fourth-order valence-electron chi connectivity index (χ4n) is 2.50. The Morgan fingerprint density at radius 2 is 2.17 bits per heavy atom. The summed E-state index contributed by atoms with van der Waals surface area (Å²) in [5.41, 5.74) is 7.41. The van der Waals surface area contributed by atoms with Gasteiger partial charge in [0.15, 0.2) is 0 Å². The summed E-state index contributed by atoms with van der Waals surface area (Å²) in [7, 11) is 0. The Morgan fingerprint density at radius 1 is 1.38 bits per heavy atom. The number of hydrogen-bond acceptors (Lipinski definition) is 5. The van der Waals surface area contributed by atoms with Crippen LogP contribution in [-0.2, 0) is 4.74 Å². The number of aliphatic imine (C=N–C) groups is 2. The first-order valence-corrected chi connectivity index (χ1v) is 7.99. The minimum Gasteiger partial charge on any atom is -0.492 e. The van der Waals surface area contributed by atoms with Crippen LogP contribution in [0.5, 0.6) is 0 Å². The third-order valence-electron chi connectivity index (χ3n) is 3.75. The maximum Gasteiger partial charge on any atom is 0.248 e. The monoisotopic (exact) mass is 324 g/mol. The molecule has 3 rings (SSSR count). The Morgan fingerprint density at radius 3 is 2.88 bits per heavy atom. The molecule has 1 aromatic rings. The molecular weight excluding hydrogens is 304 g/mol. The van der Waals surface area contributed by atoms with Crippen molar-refractivity contribution in [1.82, 2.24) is 0 Å². The quantitative estimate of drug-likeness (QED) is 0.872. The first kappa shape index (κ1) is 16.0. The number of carbonyl (C=O) groups excluding carboxylic acids is 1. The highest BCUT2D eigenvalue weighted by molar-refractivity contribution is 6.12. The van der Waals surface area contributed by atoms with Crippen LogP contribution in [0.15, 0.2) is 58.2 Å². The number of amides is 1. The molecular formula is C18H20N4O2. The number of nitrogens with zero attached hydrogens (tertiary/aromatic N) is 2. The summed E-state index contributed by atoms with van der Waals surface area (Å²) in [6.45, 7) is 3.37. The van der Waals surface area contributed by atoms with E-state index >= 15 is 0 Å². The maximum atomic E-state index is 11.1. The van der Waals surface area contributed by atoms with Gasteiger partial charge in [0.25, 0.3) is 0 Å². The largest absolute Gasteiger partial charge is 0.492 e. The highest BCUT2D eigenvalue weighted by atomic mass is 16.5. The van der Waals surface area contributed by atoms with Crippen LogP contribution in [0.3, 0.4) is 0 Å². The molecule has 2 aliphatic rings. The van der Waals surface area contributed by atoms with E-state index in [1.165, 1.54) is 0 Å². The number of benzene rings is 1. The van der Waals surface area contributed by atoms with Crippen molar-refractivity contribution in [3.63, 3.8) is 0 Å². The molecule has 0 spiro atoms. The number of ether oxygens (including phenoxy) is 1. The number of guanidine groups is 1. The second-order valence-corrected chi connectivity index (χ2v) is 5.60. The lowest BCUT2D eigenvalue weighted by molar-refractivity contribution is 0.100. The lowest BCUT2D eigenvalue weighted by atomic mass is 9.96. The minimum absolute atomic E-state index is 0.157. The Hall–Kier alpha value is -2.89. The van der Waals surface area contributed by atoms with E-state index in [4.69, 9.17) is 10.5 Å². The molecule has 6 heteroatoms. The SMILES string of the molecule is CCCOC1=CC=CC2CN=C(Nc3ccc(C(N)=O)cc3)N=C12. The van der Waals surface area contributed by atoms with E-state index in [0.717, 1.165) is 23.6 Å². The molecule has 1 aliphatic carbocycles. The number of hydrogen-bond donors (Lipinski definition) is 2. The Kier molecular flexibility index (Phi) is 4.74. The van der Waals surface area contributed by atoms with E-state index < -0.39 is 5.91 Å². The van der Waals surface area contributed by atoms with Crippen molar-refractivity contribution in [2.24, 2.45) is 21.6 Å². The van der Waals surface area contributed by atoms with Crippen molar-refractivity contribution in [3.05, 3.63) is 53.8 Å². The molecule has 0 bridgehead atoms. The fourth-order valence-corrected chi connectivity index (χ4v) is 2.50. The molecule has 24 heavy (non-hydrogen) atoms. The lowest BCUT2D eigenvalue weighted by Gasteiger charge is -2.24. The zero-order valence-corrected chi connectivity index (χ0v) is 13.5. The van der Waals surface area contributed by atoms with Gasteiger partial charge in [-0.2, -0.15) is 0 Å². The van der Waals surface area contributed by atoms with Crippen molar-refractivity contribution in [2.45, 2.75) is 13.3 Å². The highest BCUT2D eigenvalue weighted by Gasteiger charge is 2.25. The molecule has 0 fully saturated rings. The van der Waals surface area contributed by atoms with Crippen molar-refractivity contribution in [3.8, 4) is 0 Å². The molecule has 1 aromatic carbocycles. The van der Waals surface area contributed by atoms with E-state index in [1.54, 1.807) is 24.3 Å². The normalized spacial score (nSPS) is 18.9. The van der Waals surface area contributed by atoms with Gasteiger partial charge in [-0.25, -0.2) is 4.99 Å². The number of fused-ring (bicyclic) bond motifs is 1. The van der Waals surface area contributed by atoms with E-state index in [-0.39, 0.29) is 5.92 Å². The van der Waals surface area contributed by atoms with Crippen LogP contribution in [0, 0.1) is 5.92 Å². The second-order valence-electron chi connectivity index (χ2n) is 5.60. The van der Waals surface area contributed by atoms with Crippen LogP contribution < -0.4 is 11.1 Å². The number of anilines is 1. The summed E-state index contributed by atoms with van der Waals surface area (Å²) in [6.07, 6.45) is 6.96. The number of rotatable bonds is 5. The topological polar surface area (TPSA) is 89.1 Å². The summed E-state index contributed by atoms with van der Waals surface area (Å²) in [5, 5.41) is 3.16. The van der Waals surface area contributed by atoms with E-state index in [0.29, 0.717) is 24.7 Å². The molecule has 3 N–H and O–H groups in total. The number of allylic oxidation sites excluding steroid dienone is 3. The highest BCUT2D eigenvalue weighted by Crippen LogP contribution is 2.22. The second kappa shape index (κ2) is 7.12. The van der Waals surface area contributed by atoms with Crippen molar-refractivity contribution < 1.29 is 9.53 Å². The van der Waals surface area contributed by atoms with Gasteiger partial charge in [-0.1, -0.05) is 19.1 Å². The van der Waals surface area contributed by atoms with Gasteiger partial charge in [0.2, 0.25) is 11.9 Å². The molecule has 0 radical (unpaired) electrons. The molecule has 1 unspecified atom stereocenters. The average molecular weight is 324 g/mol. The Bertz CT molecular complexity index is 745. The van der Waals surface area contributed by atoms with Crippen molar-refractivity contribution in [1.29, 1.82) is 0 Å². The van der Waals surface area contributed by atoms with Crippen LogP contribution in [0.2, 0.25) is 0 Å². The molecule has 1 atom stereocenters. The summed E-state index contributed by atoms with van der Waals surface area (Å²) >= 11 is 0. The molecule has 1 heterocycles. The van der Waals surface area contributed by atoms with Crippen molar-refractivity contribution >= 4 is 23.3 Å². The lowest BCUT2D eigenvalue weighted by Crippen LogP contribution is -2.29. The van der Waals surface area contributed by atoms with Crippen LogP contribution in [0.25, 0.3) is 0 Å². The smallest absolute Gasteiger partial charge is 0.248 e. The summed E-state index contributed by atoms with van der Waals surface area (Å²) in [6, 6.07) is 6.89. The minimum atomic E-state index is -0.448. The first-order chi connectivity index (χ1) is 11.7. The van der Waals surface area contributed by atoms with Gasteiger partial charge in [0.1, 0.15) is 5.76 Å². The maximum absolute atomic E-state index is 11.1. The molecule has 0 saturated carbocycles. The van der Waals surface area contributed by atoms with E-state index in [2.05, 4.69) is 28.3 Å². The van der Waals surface area contributed by atoms with Crippen LogP contribution in [-0.4, -0.2) is 30.7 Å². The van der Waals surface area contributed by atoms with E-state index in [1.807, 2.05) is 12.2 Å². The molecule has 6 nitrogen and oxygen atoms in total. The van der Waals surface area contributed by atoms with E-state index in [9.17, 15) is 4.79 Å². The summed E-state index contributed by atoms with van der Waals surface area (Å²) in [4.78, 5) is 20.2. The molecule has 1 aliphatic heterocycles.